The van der Waals surface area contributed by atoms with Gasteiger partial charge in [-0.15, -0.1) is 0 Å². The topological polar surface area (TPSA) is 103 Å². The van der Waals surface area contributed by atoms with Crippen molar-refractivity contribution in [2.45, 2.75) is 33.2 Å². The molecule has 2 aliphatic rings. The third kappa shape index (κ3) is 4.24. The van der Waals surface area contributed by atoms with Crippen LogP contribution < -0.4 is 26.4 Å². The van der Waals surface area contributed by atoms with Crippen molar-refractivity contribution in [3.8, 4) is 0 Å². The number of anilines is 2. The molecule has 5 rings (SSSR count). The van der Waals surface area contributed by atoms with Gasteiger partial charge in [0.05, 0.1) is 17.3 Å². The maximum atomic E-state index is 13.6. The first-order valence-corrected chi connectivity index (χ1v) is 11.2. The Kier molecular flexibility index (Phi) is 5.73. The van der Waals surface area contributed by atoms with E-state index in [9.17, 15) is 18.4 Å². The summed E-state index contributed by atoms with van der Waals surface area (Å²) in [7, 11) is 0. The van der Waals surface area contributed by atoms with Crippen LogP contribution in [0.1, 0.15) is 33.5 Å². The minimum absolute atomic E-state index is 0.0454. The maximum absolute atomic E-state index is 13.6. The summed E-state index contributed by atoms with van der Waals surface area (Å²) >= 11 is 0. The Labute approximate surface area is 200 Å². The summed E-state index contributed by atoms with van der Waals surface area (Å²) in [6, 6.07) is 10.6. The van der Waals surface area contributed by atoms with Crippen LogP contribution in [0, 0.1) is 38.3 Å². The number of benzene rings is 2. The number of hydrogen-bond donors (Lipinski definition) is 4. The van der Waals surface area contributed by atoms with Crippen molar-refractivity contribution >= 4 is 23.3 Å². The van der Waals surface area contributed by atoms with Crippen molar-refractivity contribution in [2.75, 3.05) is 16.9 Å². The van der Waals surface area contributed by atoms with Crippen molar-refractivity contribution < 1.29 is 18.4 Å². The van der Waals surface area contributed by atoms with E-state index in [1.54, 1.807) is 13.0 Å². The largest absolute Gasteiger partial charge is 0.321 e. The van der Waals surface area contributed by atoms with Gasteiger partial charge in [0.2, 0.25) is 5.91 Å². The van der Waals surface area contributed by atoms with Crippen molar-refractivity contribution in [1.82, 2.24) is 25.8 Å². The molecule has 0 saturated carbocycles. The minimum atomic E-state index is -1.12. The lowest BCUT2D eigenvalue weighted by Gasteiger charge is -2.37. The van der Waals surface area contributed by atoms with Gasteiger partial charge < -0.3 is 10.6 Å². The number of fused-ring (bicyclic) bond motifs is 1. The minimum Gasteiger partial charge on any atom is -0.321 e. The summed E-state index contributed by atoms with van der Waals surface area (Å²) in [5, 5.41) is 15.3. The lowest BCUT2D eigenvalue weighted by molar-refractivity contribution is -0.129. The third-order valence-corrected chi connectivity index (χ3v) is 6.38. The zero-order valence-electron chi connectivity index (χ0n) is 19.4. The molecule has 2 fully saturated rings. The number of aryl methyl sites for hydroxylation is 3. The van der Waals surface area contributed by atoms with E-state index < -0.39 is 23.8 Å². The summed E-state index contributed by atoms with van der Waals surface area (Å²) in [6.07, 6.45) is -1.12. The monoisotopic (exact) mass is 481 g/mol. The van der Waals surface area contributed by atoms with Gasteiger partial charge in [0.25, 0.3) is 5.91 Å². The third-order valence-electron chi connectivity index (χ3n) is 6.38. The second kappa shape index (κ2) is 8.75. The van der Waals surface area contributed by atoms with Gasteiger partial charge in [-0.25, -0.2) is 18.9 Å². The molecule has 0 radical (unpaired) electrons. The normalized spacial score (nSPS) is 21.6. The molecule has 11 heteroatoms. The molecule has 2 aliphatic heterocycles. The number of carbonyl (C=O) groups is 2. The molecule has 9 nitrogen and oxygen atoms in total. The van der Waals surface area contributed by atoms with Gasteiger partial charge in [-0.2, -0.15) is 5.10 Å². The number of hydrazine groups is 1. The molecule has 4 N–H and O–H groups in total. The highest BCUT2D eigenvalue weighted by atomic mass is 19.2. The van der Waals surface area contributed by atoms with Crippen molar-refractivity contribution in [3.05, 3.63) is 76.5 Å². The summed E-state index contributed by atoms with van der Waals surface area (Å²) in [6.45, 7) is 6.28. The maximum Gasteiger partial charge on any atom is 0.256 e. The Morgan fingerprint density at radius 2 is 1.86 bits per heavy atom. The lowest BCUT2D eigenvalue weighted by atomic mass is 10.0. The van der Waals surface area contributed by atoms with Crippen LogP contribution >= 0.6 is 0 Å². The zero-order chi connectivity index (χ0) is 24.9. The van der Waals surface area contributed by atoms with Crippen LogP contribution in [0.5, 0.6) is 0 Å². The van der Waals surface area contributed by atoms with E-state index in [0.717, 1.165) is 23.4 Å². The van der Waals surface area contributed by atoms with Crippen molar-refractivity contribution in [1.29, 1.82) is 0 Å². The molecule has 2 amide bonds. The van der Waals surface area contributed by atoms with Crippen LogP contribution in [-0.2, 0) is 4.79 Å². The Hall–Kier alpha value is -3.83. The number of rotatable bonds is 4. The summed E-state index contributed by atoms with van der Waals surface area (Å²) in [5.41, 5.74) is 7.07. The second-order valence-electron chi connectivity index (χ2n) is 8.83. The highest BCUT2D eigenvalue weighted by Gasteiger charge is 2.45. The second-order valence-corrected chi connectivity index (χ2v) is 8.83. The quantitative estimate of drug-likeness (QED) is 0.457. The number of nitrogens with zero attached hydrogens (tertiary/aromatic N) is 3. The smallest absolute Gasteiger partial charge is 0.256 e. The number of hydrogen-bond acceptors (Lipinski definition) is 6. The van der Waals surface area contributed by atoms with Gasteiger partial charge in [-0.3, -0.25) is 19.9 Å². The summed E-state index contributed by atoms with van der Waals surface area (Å²) < 4.78 is 28.3. The fourth-order valence-electron chi connectivity index (χ4n) is 4.35. The standard InChI is InChI=1S/C24H25F2N7O2/c1-12-4-6-16(8-13(12)2)32-21-17(11-27-32)23(35)30-24(29-21)33-20(9-14(3)31-33)28-22(34)15-5-7-18(25)19(26)10-15/h4-10,17,21,24,27,29H,11H2,1-3H3,(H,28,34)(H,30,35). The average Bonchev–Trinajstić information content (AvgIpc) is 3.41. The van der Waals surface area contributed by atoms with E-state index in [0.29, 0.717) is 12.2 Å². The van der Waals surface area contributed by atoms with Gasteiger partial charge >= 0.3 is 0 Å². The molecular weight excluding hydrogens is 456 g/mol. The van der Waals surface area contributed by atoms with Crippen LogP contribution in [0.25, 0.3) is 0 Å². The molecule has 0 aliphatic carbocycles. The molecule has 35 heavy (non-hydrogen) atoms. The molecule has 182 valence electrons. The molecular formula is C24H25F2N7O2. The average molecular weight is 482 g/mol. The fourth-order valence-corrected chi connectivity index (χ4v) is 4.35. The Morgan fingerprint density at radius 1 is 1.06 bits per heavy atom. The van der Waals surface area contributed by atoms with E-state index in [2.05, 4.69) is 32.5 Å². The Bertz CT molecular complexity index is 1330. The highest BCUT2D eigenvalue weighted by Crippen LogP contribution is 2.29. The van der Waals surface area contributed by atoms with Gasteiger partial charge in [-0.05, 0) is 62.2 Å². The van der Waals surface area contributed by atoms with Crippen LogP contribution in [0.15, 0.2) is 42.5 Å². The fraction of sp³-hybridized carbons (Fsp3) is 0.292. The first-order chi connectivity index (χ1) is 16.7. The van der Waals surface area contributed by atoms with Crippen LogP contribution in [0.2, 0.25) is 0 Å². The lowest BCUT2D eigenvalue weighted by Crippen LogP contribution is -2.61. The molecule has 2 saturated heterocycles. The number of halogens is 2. The van der Waals surface area contributed by atoms with E-state index in [-0.39, 0.29) is 29.4 Å². The van der Waals surface area contributed by atoms with Crippen LogP contribution in [0.3, 0.4) is 0 Å². The first-order valence-electron chi connectivity index (χ1n) is 11.2. The molecule has 3 heterocycles. The SMILES string of the molecule is Cc1cc(NC(=O)c2ccc(F)c(F)c2)n(C2NC(=O)C3CNN(c4ccc(C)c(C)c4)C3N2)n1. The van der Waals surface area contributed by atoms with E-state index in [1.165, 1.54) is 16.3 Å². The van der Waals surface area contributed by atoms with Crippen LogP contribution in [0.4, 0.5) is 20.3 Å². The van der Waals surface area contributed by atoms with Gasteiger partial charge in [-0.1, -0.05) is 6.07 Å². The predicted octanol–water partition coefficient (Wildman–Crippen LogP) is 2.48. The number of carbonyl (C=O) groups excluding carboxylic acids is 2. The highest BCUT2D eigenvalue weighted by molar-refractivity contribution is 6.03. The Balaban J connectivity index is 1.40. The molecule has 0 spiro atoms. The summed E-state index contributed by atoms with van der Waals surface area (Å²) in [5.74, 6) is -3.01. The van der Waals surface area contributed by atoms with Gasteiger partial charge in [0.1, 0.15) is 12.0 Å². The Morgan fingerprint density at radius 3 is 2.60 bits per heavy atom. The molecule has 0 bridgehead atoms. The van der Waals surface area contributed by atoms with Crippen LogP contribution in [-0.4, -0.2) is 34.3 Å². The summed E-state index contributed by atoms with van der Waals surface area (Å²) in [4.78, 5) is 25.7. The molecule has 3 atom stereocenters. The molecule has 2 aromatic carbocycles. The first kappa shape index (κ1) is 22.9. The number of amides is 2. The van der Waals surface area contributed by atoms with E-state index in [1.807, 2.05) is 31.0 Å². The van der Waals surface area contributed by atoms with Crippen molar-refractivity contribution in [2.24, 2.45) is 5.92 Å². The zero-order valence-corrected chi connectivity index (χ0v) is 19.4. The molecule has 3 aromatic rings. The molecule has 1 aromatic heterocycles. The van der Waals surface area contributed by atoms with Gasteiger partial charge in [0.15, 0.2) is 17.9 Å². The number of nitrogens with one attached hydrogen (secondary N) is 4. The molecule has 3 unspecified atom stereocenters. The van der Waals surface area contributed by atoms with Gasteiger partial charge in [0, 0.05) is 18.2 Å². The van der Waals surface area contributed by atoms with E-state index >= 15 is 0 Å². The predicted molar refractivity (Wildman–Crippen MR) is 125 cm³/mol. The van der Waals surface area contributed by atoms with Crippen molar-refractivity contribution in [3.63, 3.8) is 0 Å². The van der Waals surface area contributed by atoms with E-state index in [4.69, 9.17) is 0 Å². The number of aromatic nitrogens is 2.